The number of benzene rings is 3. The number of aryl methyl sites for hydroxylation is 1. The van der Waals surface area contributed by atoms with Gasteiger partial charge in [0.25, 0.3) is 0 Å². The van der Waals surface area contributed by atoms with Gasteiger partial charge in [-0.15, -0.1) is 0 Å². The zero-order chi connectivity index (χ0) is 17.5. The molecule has 0 spiro atoms. The third-order valence-electron chi connectivity index (χ3n) is 4.91. The molecular formula is C22H18N4. The van der Waals surface area contributed by atoms with E-state index in [1.165, 1.54) is 21.9 Å². The number of anilines is 1. The lowest BCUT2D eigenvalue weighted by Crippen LogP contribution is -2.20. The lowest BCUT2D eigenvalue weighted by Gasteiger charge is -2.25. The van der Waals surface area contributed by atoms with Gasteiger partial charge in [-0.25, -0.2) is 4.68 Å². The zero-order valence-electron chi connectivity index (χ0n) is 14.4. The molecule has 4 heteroatoms. The molecule has 0 saturated heterocycles. The van der Waals surface area contributed by atoms with Crippen LogP contribution < -0.4 is 5.32 Å². The summed E-state index contributed by atoms with van der Waals surface area (Å²) in [6.45, 7) is 2.10. The molecule has 5 rings (SSSR count). The van der Waals surface area contributed by atoms with Crippen LogP contribution in [0.4, 0.5) is 5.95 Å². The summed E-state index contributed by atoms with van der Waals surface area (Å²) in [6, 6.07) is 23.4. The number of aromatic nitrogens is 3. The Labute approximate surface area is 151 Å². The lowest BCUT2D eigenvalue weighted by molar-refractivity contribution is 0.615. The molecule has 1 N–H and O–H groups in total. The highest BCUT2D eigenvalue weighted by Crippen LogP contribution is 2.35. The highest BCUT2D eigenvalue weighted by atomic mass is 15.4. The van der Waals surface area contributed by atoms with Crippen LogP contribution in [0.25, 0.3) is 16.5 Å². The van der Waals surface area contributed by atoms with Gasteiger partial charge in [-0.3, -0.25) is 0 Å². The molecule has 1 unspecified atom stereocenters. The van der Waals surface area contributed by atoms with Crippen molar-refractivity contribution in [1.29, 1.82) is 0 Å². The Bertz CT molecular complexity index is 1120. The van der Waals surface area contributed by atoms with Gasteiger partial charge in [-0.2, -0.15) is 10.1 Å². The molecule has 1 atom stereocenters. The number of hydrogen-bond donors (Lipinski definition) is 1. The largest absolute Gasteiger partial charge is 0.324 e. The van der Waals surface area contributed by atoms with Crippen LogP contribution >= 0.6 is 0 Å². The van der Waals surface area contributed by atoms with Crippen molar-refractivity contribution in [2.75, 3.05) is 5.32 Å². The van der Waals surface area contributed by atoms with E-state index in [-0.39, 0.29) is 6.04 Å². The van der Waals surface area contributed by atoms with E-state index in [4.69, 9.17) is 0 Å². The molecule has 4 aromatic rings. The highest BCUT2D eigenvalue weighted by molar-refractivity contribution is 5.87. The monoisotopic (exact) mass is 338 g/mol. The minimum absolute atomic E-state index is 0.00356. The molecule has 0 amide bonds. The van der Waals surface area contributed by atoms with Gasteiger partial charge in [-0.1, -0.05) is 72.3 Å². The number of nitrogens with one attached hydrogen (secondary N) is 1. The number of allylic oxidation sites excluding steroid dienone is 1. The Morgan fingerprint density at radius 3 is 2.62 bits per heavy atom. The number of hydrogen-bond acceptors (Lipinski definition) is 3. The molecule has 0 bridgehead atoms. The summed E-state index contributed by atoms with van der Waals surface area (Å²) in [5, 5.41) is 10.3. The fourth-order valence-corrected chi connectivity index (χ4v) is 3.57. The summed E-state index contributed by atoms with van der Waals surface area (Å²) in [5.74, 6) is 0.765. The van der Waals surface area contributed by atoms with E-state index in [1.54, 1.807) is 6.33 Å². The van der Waals surface area contributed by atoms with Crippen LogP contribution in [0.15, 0.2) is 79.1 Å². The molecule has 3 aromatic carbocycles. The standard InChI is InChI=1S/C22H18N4/c1-15-9-11-17(12-10-15)20-13-21(26-22(25-20)23-14-24-26)19-8-4-6-16-5-2-3-7-18(16)19/h2-14,21H,1H3,(H,23,24,25). The fraction of sp³-hybridized carbons (Fsp3) is 0.0909. The SMILES string of the molecule is Cc1ccc(C2=CC(c3cccc4ccccc34)n3ncnc3N2)cc1. The minimum atomic E-state index is -0.00356. The van der Waals surface area contributed by atoms with Gasteiger partial charge in [0.15, 0.2) is 0 Å². The van der Waals surface area contributed by atoms with E-state index in [0.717, 1.165) is 17.2 Å². The van der Waals surface area contributed by atoms with Crippen LogP contribution in [-0.2, 0) is 0 Å². The van der Waals surface area contributed by atoms with Crippen LogP contribution in [0.3, 0.4) is 0 Å². The van der Waals surface area contributed by atoms with Crippen molar-refractivity contribution in [3.05, 3.63) is 95.8 Å². The van der Waals surface area contributed by atoms with E-state index in [1.807, 2.05) is 4.68 Å². The Morgan fingerprint density at radius 2 is 1.73 bits per heavy atom. The maximum Gasteiger partial charge on any atom is 0.226 e. The van der Waals surface area contributed by atoms with E-state index in [2.05, 4.69) is 95.1 Å². The molecule has 1 aromatic heterocycles. The summed E-state index contributed by atoms with van der Waals surface area (Å²) in [5.41, 5.74) is 4.68. The second-order valence-corrected chi connectivity index (χ2v) is 6.61. The van der Waals surface area contributed by atoms with Gasteiger partial charge in [0.1, 0.15) is 12.4 Å². The molecule has 4 nitrogen and oxygen atoms in total. The third kappa shape index (κ3) is 2.39. The predicted molar refractivity (Wildman–Crippen MR) is 105 cm³/mol. The third-order valence-corrected chi connectivity index (χ3v) is 4.91. The zero-order valence-corrected chi connectivity index (χ0v) is 14.4. The van der Waals surface area contributed by atoms with E-state index >= 15 is 0 Å². The summed E-state index contributed by atoms with van der Waals surface area (Å²) >= 11 is 0. The molecule has 0 radical (unpaired) electrons. The molecule has 1 aliphatic rings. The lowest BCUT2D eigenvalue weighted by atomic mass is 9.96. The first kappa shape index (κ1) is 14.9. The first-order chi connectivity index (χ1) is 12.8. The Morgan fingerprint density at radius 1 is 0.923 bits per heavy atom. The van der Waals surface area contributed by atoms with Crippen molar-refractivity contribution < 1.29 is 0 Å². The van der Waals surface area contributed by atoms with Crippen molar-refractivity contribution in [3.8, 4) is 0 Å². The normalized spacial score (nSPS) is 16.0. The molecule has 0 saturated carbocycles. The van der Waals surface area contributed by atoms with Gasteiger partial charge in [-0.05, 0) is 34.9 Å². The minimum Gasteiger partial charge on any atom is -0.324 e. The average molecular weight is 338 g/mol. The first-order valence-corrected chi connectivity index (χ1v) is 8.73. The quantitative estimate of drug-likeness (QED) is 0.571. The molecule has 0 aliphatic carbocycles. The number of rotatable bonds is 2. The van der Waals surface area contributed by atoms with E-state index in [0.29, 0.717) is 0 Å². The average Bonchev–Trinajstić information content (AvgIpc) is 3.16. The second-order valence-electron chi connectivity index (χ2n) is 6.61. The Balaban J connectivity index is 1.70. The van der Waals surface area contributed by atoms with Crippen molar-refractivity contribution in [2.24, 2.45) is 0 Å². The van der Waals surface area contributed by atoms with E-state index < -0.39 is 0 Å². The maximum absolute atomic E-state index is 4.46. The van der Waals surface area contributed by atoms with Crippen LogP contribution in [-0.4, -0.2) is 14.8 Å². The van der Waals surface area contributed by atoms with E-state index in [9.17, 15) is 0 Å². The first-order valence-electron chi connectivity index (χ1n) is 8.73. The molecule has 126 valence electrons. The second kappa shape index (κ2) is 5.85. The van der Waals surface area contributed by atoms with Crippen molar-refractivity contribution in [3.63, 3.8) is 0 Å². The van der Waals surface area contributed by atoms with Crippen LogP contribution in [0.5, 0.6) is 0 Å². The van der Waals surface area contributed by atoms with Crippen molar-refractivity contribution in [1.82, 2.24) is 14.8 Å². The number of nitrogens with zero attached hydrogens (tertiary/aromatic N) is 3. The van der Waals surface area contributed by atoms with Gasteiger partial charge in [0, 0.05) is 5.70 Å². The van der Waals surface area contributed by atoms with Crippen molar-refractivity contribution >= 4 is 22.4 Å². The number of fused-ring (bicyclic) bond motifs is 2. The smallest absolute Gasteiger partial charge is 0.226 e. The maximum atomic E-state index is 4.46. The van der Waals surface area contributed by atoms with Gasteiger partial charge >= 0.3 is 0 Å². The molecule has 0 fully saturated rings. The van der Waals surface area contributed by atoms with Gasteiger partial charge in [0.2, 0.25) is 5.95 Å². The van der Waals surface area contributed by atoms with Crippen LogP contribution in [0.1, 0.15) is 22.7 Å². The molecule has 1 aliphatic heterocycles. The van der Waals surface area contributed by atoms with Crippen molar-refractivity contribution in [2.45, 2.75) is 13.0 Å². The summed E-state index contributed by atoms with van der Waals surface area (Å²) in [6.07, 6.45) is 3.83. The summed E-state index contributed by atoms with van der Waals surface area (Å²) in [4.78, 5) is 4.41. The molecular weight excluding hydrogens is 320 g/mol. The van der Waals surface area contributed by atoms with Crippen LogP contribution in [0.2, 0.25) is 0 Å². The molecule has 2 heterocycles. The predicted octanol–water partition coefficient (Wildman–Crippen LogP) is 4.80. The molecule has 26 heavy (non-hydrogen) atoms. The Kier molecular flexibility index (Phi) is 3.35. The highest BCUT2D eigenvalue weighted by Gasteiger charge is 2.24. The van der Waals surface area contributed by atoms with Gasteiger partial charge < -0.3 is 5.32 Å². The van der Waals surface area contributed by atoms with Crippen LogP contribution in [0, 0.1) is 6.92 Å². The topological polar surface area (TPSA) is 42.7 Å². The van der Waals surface area contributed by atoms with Gasteiger partial charge in [0.05, 0.1) is 0 Å². The summed E-state index contributed by atoms with van der Waals surface area (Å²) < 4.78 is 1.94. The summed E-state index contributed by atoms with van der Waals surface area (Å²) in [7, 11) is 0. The fourth-order valence-electron chi connectivity index (χ4n) is 3.57. The Hall–Kier alpha value is -3.40.